The standard InChI is InChI=1S/C27H39FN6O3S/c1-7-25(35)33-16-19(10-24(33)26(4,5)28)34-23-12-20(38(36,37)31-27(6)8-9-27)11-22(21(23)13-29-34)32-14-17(2)30-18(3)15-32/h7,11-13,17-19,24,30-31H,1,8-10,14-16H2,2-6H3/t17-,18-,19+,24-/m0/s1. The lowest BCUT2D eigenvalue weighted by Gasteiger charge is -2.38. The lowest BCUT2D eigenvalue weighted by molar-refractivity contribution is -0.129. The van der Waals surface area contributed by atoms with Gasteiger partial charge in [0, 0.05) is 48.3 Å². The maximum atomic E-state index is 15.2. The van der Waals surface area contributed by atoms with Crippen LogP contribution in [-0.2, 0) is 14.8 Å². The number of halogens is 1. The van der Waals surface area contributed by atoms with E-state index in [1.807, 2.05) is 6.92 Å². The van der Waals surface area contributed by atoms with Crippen molar-refractivity contribution in [1.29, 1.82) is 0 Å². The van der Waals surface area contributed by atoms with Gasteiger partial charge in [0.25, 0.3) is 0 Å². The number of aromatic nitrogens is 2. The SMILES string of the molecule is C=CC(=O)N1C[C@H](n2ncc3c(N4C[C@H](C)N[C@@H](C)C4)cc(S(=O)(=O)NC4(C)CC4)cc32)C[C@H]1C(C)(C)F. The minimum Gasteiger partial charge on any atom is -0.368 e. The monoisotopic (exact) mass is 546 g/mol. The first kappa shape index (κ1) is 27.1. The fourth-order valence-corrected chi connectivity index (χ4v) is 7.51. The van der Waals surface area contributed by atoms with E-state index in [1.54, 1.807) is 23.0 Å². The summed E-state index contributed by atoms with van der Waals surface area (Å²) in [5.41, 5.74) is -0.554. The molecule has 208 valence electrons. The van der Waals surface area contributed by atoms with Crippen LogP contribution in [0.25, 0.3) is 10.9 Å². The van der Waals surface area contributed by atoms with Gasteiger partial charge in [0.1, 0.15) is 5.67 Å². The van der Waals surface area contributed by atoms with Crippen molar-refractivity contribution < 1.29 is 17.6 Å². The number of sulfonamides is 1. The van der Waals surface area contributed by atoms with Crippen molar-refractivity contribution in [3.63, 3.8) is 0 Å². The van der Waals surface area contributed by atoms with Crippen molar-refractivity contribution in [2.24, 2.45) is 0 Å². The zero-order chi connectivity index (χ0) is 27.6. The maximum Gasteiger partial charge on any atom is 0.246 e. The molecule has 1 saturated carbocycles. The van der Waals surface area contributed by atoms with Crippen LogP contribution in [0, 0.1) is 0 Å². The van der Waals surface area contributed by atoms with Gasteiger partial charge in [-0.1, -0.05) is 6.58 Å². The Balaban J connectivity index is 1.61. The molecule has 4 atom stereocenters. The summed E-state index contributed by atoms with van der Waals surface area (Å²) < 4.78 is 46.9. The van der Waals surface area contributed by atoms with E-state index in [-0.39, 0.29) is 35.5 Å². The van der Waals surface area contributed by atoms with Gasteiger partial charge in [-0.25, -0.2) is 17.5 Å². The first-order chi connectivity index (χ1) is 17.7. The molecule has 0 bridgehead atoms. The highest BCUT2D eigenvalue weighted by Crippen LogP contribution is 2.40. The van der Waals surface area contributed by atoms with Gasteiger partial charge in [-0.15, -0.1) is 0 Å². The van der Waals surface area contributed by atoms with E-state index in [9.17, 15) is 13.2 Å². The molecule has 3 fully saturated rings. The van der Waals surface area contributed by atoms with Gasteiger partial charge in [-0.3, -0.25) is 9.48 Å². The Bertz CT molecular complexity index is 1350. The summed E-state index contributed by atoms with van der Waals surface area (Å²) >= 11 is 0. The fourth-order valence-electron chi connectivity index (χ4n) is 6.01. The number of benzene rings is 1. The summed E-state index contributed by atoms with van der Waals surface area (Å²) in [5.74, 6) is -0.325. The quantitative estimate of drug-likeness (QED) is 0.518. The largest absolute Gasteiger partial charge is 0.368 e. The van der Waals surface area contributed by atoms with E-state index < -0.39 is 27.3 Å². The van der Waals surface area contributed by atoms with Gasteiger partial charge in [-0.2, -0.15) is 5.10 Å². The number of nitrogens with one attached hydrogen (secondary N) is 2. The molecule has 3 heterocycles. The van der Waals surface area contributed by atoms with Gasteiger partial charge in [0.05, 0.1) is 28.7 Å². The summed E-state index contributed by atoms with van der Waals surface area (Å²) in [6.07, 6.45) is 4.96. The van der Waals surface area contributed by atoms with Crippen LogP contribution in [-0.4, -0.2) is 78.0 Å². The second kappa shape index (κ2) is 9.31. The highest BCUT2D eigenvalue weighted by atomic mass is 32.2. The van der Waals surface area contributed by atoms with Gasteiger partial charge in [0.15, 0.2) is 0 Å². The van der Waals surface area contributed by atoms with E-state index in [4.69, 9.17) is 0 Å². The van der Waals surface area contributed by atoms with Crippen molar-refractivity contribution in [3.8, 4) is 0 Å². The number of rotatable bonds is 7. The van der Waals surface area contributed by atoms with Gasteiger partial charge < -0.3 is 15.1 Å². The second-order valence-electron chi connectivity index (χ2n) is 12.2. The summed E-state index contributed by atoms with van der Waals surface area (Å²) in [7, 11) is -3.79. The van der Waals surface area contributed by atoms with E-state index in [1.165, 1.54) is 24.8 Å². The molecule has 2 aliphatic heterocycles. The molecule has 2 saturated heterocycles. The first-order valence-corrected chi connectivity index (χ1v) is 14.9. The number of piperazine rings is 1. The summed E-state index contributed by atoms with van der Waals surface area (Å²) in [6, 6.07) is 2.93. The summed E-state index contributed by atoms with van der Waals surface area (Å²) in [5, 5.41) is 9.06. The molecule has 0 unspecified atom stereocenters. The Labute approximate surface area is 224 Å². The third-order valence-electron chi connectivity index (χ3n) is 8.13. The number of hydrogen-bond acceptors (Lipinski definition) is 6. The number of carbonyl (C=O) groups is 1. The number of nitrogens with zero attached hydrogens (tertiary/aromatic N) is 4. The zero-order valence-corrected chi connectivity index (χ0v) is 23.7. The average Bonchev–Trinajstić information content (AvgIpc) is 3.21. The molecule has 3 aliphatic rings. The molecule has 9 nitrogen and oxygen atoms in total. The minimum absolute atomic E-state index is 0.188. The molecular formula is C27H39FN6O3S. The highest BCUT2D eigenvalue weighted by molar-refractivity contribution is 7.89. The molecule has 38 heavy (non-hydrogen) atoms. The lowest BCUT2D eigenvalue weighted by Crippen LogP contribution is -2.54. The number of fused-ring (bicyclic) bond motifs is 1. The van der Waals surface area contributed by atoms with Crippen molar-refractivity contribution >= 4 is 32.5 Å². The lowest BCUT2D eigenvalue weighted by atomic mass is 9.97. The highest BCUT2D eigenvalue weighted by Gasteiger charge is 2.45. The third kappa shape index (κ3) is 5.08. The topological polar surface area (TPSA) is 99.6 Å². The van der Waals surface area contributed by atoms with Crippen LogP contribution in [0.4, 0.5) is 10.1 Å². The van der Waals surface area contributed by atoms with Crippen LogP contribution in [0.3, 0.4) is 0 Å². The Morgan fingerprint density at radius 2 is 1.89 bits per heavy atom. The Morgan fingerprint density at radius 3 is 2.47 bits per heavy atom. The van der Waals surface area contributed by atoms with Gasteiger partial charge in [0.2, 0.25) is 15.9 Å². The molecule has 1 amide bonds. The predicted octanol–water partition coefficient (Wildman–Crippen LogP) is 3.13. The van der Waals surface area contributed by atoms with Crippen molar-refractivity contribution in [1.82, 2.24) is 24.7 Å². The number of carbonyl (C=O) groups excluding carboxylic acids is 1. The number of amides is 1. The van der Waals surface area contributed by atoms with Crippen LogP contribution in [0.15, 0.2) is 35.9 Å². The van der Waals surface area contributed by atoms with Crippen LogP contribution in [0.5, 0.6) is 0 Å². The molecular weight excluding hydrogens is 507 g/mol. The molecule has 0 radical (unpaired) electrons. The average molecular weight is 547 g/mol. The summed E-state index contributed by atoms with van der Waals surface area (Å²) in [6.45, 7) is 14.4. The summed E-state index contributed by atoms with van der Waals surface area (Å²) in [4.78, 5) is 16.5. The Hall–Kier alpha value is -2.50. The second-order valence-corrected chi connectivity index (χ2v) is 13.9. The third-order valence-corrected chi connectivity index (χ3v) is 9.75. The zero-order valence-electron chi connectivity index (χ0n) is 22.9. The van der Waals surface area contributed by atoms with Gasteiger partial charge in [-0.05, 0) is 72.1 Å². The minimum atomic E-state index is -3.79. The predicted molar refractivity (Wildman–Crippen MR) is 147 cm³/mol. The Kier molecular flexibility index (Phi) is 6.63. The molecule has 5 rings (SSSR count). The Morgan fingerprint density at radius 1 is 1.24 bits per heavy atom. The maximum absolute atomic E-state index is 15.2. The van der Waals surface area contributed by atoms with Crippen LogP contribution in [0.1, 0.15) is 59.9 Å². The van der Waals surface area contributed by atoms with Crippen molar-refractivity contribution in [3.05, 3.63) is 31.0 Å². The van der Waals surface area contributed by atoms with E-state index in [2.05, 4.69) is 40.5 Å². The van der Waals surface area contributed by atoms with Crippen LogP contribution < -0.4 is 14.9 Å². The van der Waals surface area contributed by atoms with Gasteiger partial charge >= 0.3 is 0 Å². The molecule has 0 spiro atoms. The molecule has 1 aliphatic carbocycles. The van der Waals surface area contributed by atoms with E-state index >= 15 is 4.39 Å². The molecule has 2 aromatic rings. The molecule has 2 N–H and O–H groups in total. The van der Waals surface area contributed by atoms with Crippen LogP contribution in [0.2, 0.25) is 0 Å². The first-order valence-electron chi connectivity index (χ1n) is 13.4. The fraction of sp³-hybridized carbons (Fsp3) is 0.630. The van der Waals surface area contributed by atoms with Crippen molar-refractivity contribution in [2.45, 2.75) is 94.2 Å². The number of anilines is 1. The smallest absolute Gasteiger partial charge is 0.246 e. The van der Waals surface area contributed by atoms with E-state index in [0.29, 0.717) is 11.9 Å². The normalized spacial score (nSPS) is 27.6. The van der Waals surface area contributed by atoms with Crippen molar-refractivity contribution in [2.75, 3.05) is 24.5 Å². The van der Waals surface area contributed by atoms with E-state index in [0.717, 1.165) is 37.0 Å². The molecule has 1 aromatic heterocycles. The van der Waals surface area contributed by atoms with Crippen LogP contribution >= 0.6 is 0 Å². The number of likely N-dealkylation sites (tertiary alicyclic amines) is 1. The number of alkyl halides is 1. The number of hydrogen-bond donors (Lipinski definition) is 2. The molecule has 1 aromatic carbocycles. The molecule has 11 heteroatoms.